The first-order valence-electron chi connectivity index (χ1n) is 8.00. The molecule has 3 aromatic rings. The van der Waals surface area contributed by atoms with Gasteiger partial charge >= 0.3 is 0 Å². The van der Waals surface area contributed by atoms with E-state index in [1.807, 2.05) is 24.3 Å². The molecule has 0 fully saturated rings. The molecule has 132 valence electrons. The van der Waals surface area contributed by atoms with E-state index in [9.17, 15) is 9.59 Å². The summed E-state index contributed by atoms with van der Waals surface area (Å²) in [6.07, 6.45) is -0.726. The summed E-state index contributed by atoms with van der Waals surface area (Å²) < 4.78 is 5.83. The van der Waals surface area contributed by atoms with Crippen molar-refractivity contribution in [2.75, 3.05) is 5.32 Å². The molecule has 3 N–H and O–H groups in total. The van der Waals surface area contributed by atoms with Gasteiger partial charge in [0.2, 0.25) is 5.91 Å². The van der Waals surface area contributed by atoms with Crippen molar-refractivity contribution in [3.8, 4) is 5.75 Å². The molecule has 0 heterocycles. The second-order valence-corrected chi connectivity index (χ2v) is 6.19. The number of carbonyl (C=O) groups excluding carboxylic acids is 2. The number of benzene rings is 3. The van der Waals surface area contributed by atoms with Crippen molar-refractivity contribution in [2.45, 2.75) is 13.0 Å². The lowest BCUT2D eigenvalue weighted by atomic mass is 10.1. The molecule has 1 atom stereocenters. The number of nitrogens with two attached hydrogens (primary N) is 1. The van der Waals surface area contributed by atoms with Crippen molar-refractivity contribution < 1.29 is 14.3 Å². The number of hydrogen-bond acceptors (Lipinski definition) is 3. The van der Waals surface area contributed by atoms with E-state index < -0.39 is 12.0 Å². The van der Waals surface area contributed by atoms with Crippen molar-refractivity contribution in [3.63, 3.8) is 0 Å². The molecule has 0 unspecified atom stereocenters. The Morgan fingerprint density at radius 2 is 1.65 bits per heavy atom. The van der Waals surface area contributed by atoms with Crippen molar-refractivity contribution in [1.82, 2.24) is 0 Å². The van der Waals surface area contributed by atoms with Gasteiger partial charge in [0.1, 0.15) is 5.75 Å². The lowest BCUT2D eigenvalue weighted by Gasteiger charge is -2.16. The summed E-state index contributed by atoms with van der Waals surface area (Å²) >= 11 is 6.20. The fourth-order valence-corrected chi connectivity index (χ4v) is 2.77. The summed E-state index contributed by atoms with van der Waals surface area (Å²) in [5.41, 5.74) is 6.13. The second-order valence-electron chi connectivity index (χ2n) is 5.78. The van der Waals surface area contributed by atoms with E-state index in [0.717, 1.165) is 10.8 Å². The van der Waals surface area contributed by atoms with Crippen LogP contribution in [0.3, 0.4) is 0 Å². The average molecular weight is 369 g/mol. The van der Waals surface area contributed by atoms with E-state index in [4.69, 9.17) is 22.1 Å². The van der Waals surface area contributed by atoms with Gasteiger partial charge in [-0.2, -0.15) is 0 Å². The molecule has 0 aliphatic heterocycles. The van der Waals surface area contributed by atoms with Gasteiger partial charge < -0.3 is 15.8 Å². The number of ether oxygens (including phenoxy) is 1. The first kappa shape index (κ1) is 17.8. The summed E-state index contributed by atoms with van der Waals surface area (Å²) in [6.45, 7) is 1.66. The number of halogens is 1. The van der Waals surface area contributed by atoms with Gasteiger partial charge in [-0.25, -0.2) is 0 Å². The minimum atomic E-state index is -0.726. The third kappa shape index (κ3) is 3.78. The van der Waals surface area contributed by atoms with E-state index in [2.05, 4.69) is 5.32 Å². The molecule has 2 amide bonds. The monoisotopic (exact) mass is 368 g/mol. The molecule has 3 rings (SSSR count). The van der Waals surface area contributed by atoms with E-state index in [0.29, 0.717) is 22.0 Å². The maximum absolute atomic E-state index is 12.4. The van der Waals surface area contributed by atoms with E-state index in [1.165, 1.54) is 0 Å². The predicted octanol–water partition coefficient (Wildman–Crippen LogP) is 4.00. The molecule has 0 aromatic heterocycles. The summed E-state index contributed by atoms with van der Waals surface area (Å²) in [7, 11) is 0. The van der Waals surface area contributed by atoms with E-state index in [1.54, 1.807) is 43.3 Å². The third-order valence-corrected chi connectivity index (χ3v) is 4.27. The fraction of sp³-hybridized carbons (Fsp3) is 0.100. The molecule has 3 aromatic carbocycles. The average Bonchev–Trinajstić information content (AvgIpc) is 2.64. The van der Waals surface area contributed by atoms with Gasteiger partial charge in [0.05, 0.1) is 0 Å². The highest BCUT2D eigenvalue weighted by molar-refractivity contribution is 6.35. The largest absolute Gasteiger partial charge is 0.480 e. The van der Waals surface area contributed by atoms with Crippen molar-refractivity contribution in [1.29, 1.82) is 0 Å². The molecule has 6 heteroatoms. The Balaban J connectivity index is 1.74. The minimum Gasteiger partial charge on any atom is -0.480 e. The smallest absolute Gasteiger partial charge is 0.265 e. The molecular weight excluding hydrogens is 352 g/mol. The molecule has 26 heavy (non-hydrogen) atoms. The van der Waals surface area contributed by atoms with Crippen LogP contribution in [0.5, 0.6) is 5.75 Å². The van der Waals surface area contributed by atoms with Gasteiger partial charge in [-0.05, 0) is 43.3 Å². The number of primary amides is 1. The van der Waals surface area contributed by atoms with Crippen LogP contribution in [-0.4, -0.2) is 17.9 Å². The van der Waals surface area contributed by atoms with Crippen LogP contribution in [0.1, 0.15) is 17.3 Å². The highest BCUT2D eigenvalue weighted by Crippen LogP contribution is 2.31. The Hall–Kier alpha value is -3.05. The Morgan fingerprint density at radius 3 is 2.31 bits per heavy atom. The standard InChI is InChI=1S/C20H17ClN2O3/c1-12(20(25)23-14-8-6-13(7-9-14)19(22)24)26-18-11-10-17(21)15-4-2-3-5-16(15)18/h2-12H,1H3,(H2,22,24)(H,23,25)/t12-/m0/s1. The van der Waals surface area contributed by atoms with Crippen LogP contribution in [0.2, 0.25) is 5.02 Å². The third-order valence-electron chi connectivity index (χ3n) is 3.94. The van der Waals surface area contributed by atoms with Crippen molar-refractivity contribution in [2.24, 2.45) is 5.73 Å². The fourth-order valence-electron chi connectivity index (χ4n) is 2.54. The number of carbonyl (C=O) groups is 2. The highest BCUT2D eigenvalue weighted by Gasteiger charge is 2.17. The van der Waals surface area contributed by atoms with E-state index in [-0.39, 0.29) is 5.91 Å². The zero-order valence-corrected chi connectivity index (χ0v) is 14.8. The van der Waals surface area contributed by atoms with Gasteiger partial charge in [-0.3, -0.25) is 9.59 Å². The molecule has 0 radical (unpaired) electrons. The van der Waals surface area contributed by atoms with Crippen LogP contribution in [0.25, 0.3) is 10.8 Å². The van der Waals surface area contributed by atoms with Crippen LogP contribution in [0, 0.1) is 0 Å². The van der Waals surface area contributed by atoms with Crippen LogP contribution in [-0.2, 0) is 4.79 Å². The molecule has 0 bridgehead atoms. The van der Waals surface area contributed by atoms with Gasteiger partial charge in [-0.15, -0.1) is 0 Å². The Bertz CT molecular complexity index is 970. The molecular formula is C20H17ClN2O3. The first-order chi connectivity index (χ1) is 12.5. The molecule has 0 aliphatic carbocycles. The highest BCUT2D eigenvalue weighted by atomic mass is 35.5. The van der Waals surface area contributed by atoms with Crippen molar-refractivity contribution >= 4 is 39.9 Å². The Morgan fingerprint density at radius 1 is 1.00 bits per heavy atom. The molecule has 0 spiro atoms. The molecule has 0 saturated carbocycles. The SMILES string of the molecule is C[C@H](Oc1ccc(Cl)c2ccccc12)C(=O)Nc1ccc(C(N)=O)cc1. The van der Waals surface area contributed by atoms with Crippen molar-refractivity contribution in [3.05, 3.63) is 71.2 Å². The molecule has 5 nitrogen and oxygen atoms in total. The predicted molar refractivity (Wildman–Crippen MR) is 103 cm³/mol. The summed E-state index contributed by atoms with van der Waals surface area (Å²) in [5.74, 6) is -0.248. The van der Waals surface area contributed by atoms with Gasteiger partial charge in [0.15, 0.2) is 6.10 Å². The zero-order valence-electron chi connectivity index (χ0n) is 14.0. The number of anilines is 1. The van der Waals surface area contributed by atoms with E-state index >= 15 is 0 Å². The second kappa shape index (κ2) is 7.45. The summed E-state index contributed by atoms with van der Waals surface area (Å²) in [6, 6.07) is 17.4. The normalized spacial score (nSPS) is 11.8. The number of hydrogen-bond donors (Lipinski definition) is 2. The van der Waals surface area contributed by atoms with Gasteiger partial charge in [0, 0.05) is 27.0 Å². The lowest BCUT2D eigenvalue weighted by molar-refractivity contribution is -0.122. The minimum absolute atomic E-state index is 0.309. The number of rotatable bonds is 5. The summed E-state index contributed by atoms with van der Waals surface area (Å²) in [4.78, 5) is 23.5. The van der Waals surface area contributed by atoms with Gasteiger partial charge in [0.25, 0.3) is 5.91 Å². The van der Waals surface area contributed by atoms with Crippen LogP contribution in [0.15, 0.2) is 60.7 Å². The quantitative estimate of drug-likeness (QED) is 0.714. The molecule has 0 aliphatic rings. The number of nitrogens with one attached hydrogen (secondary N) is 1. The van der Waals surface area contributed by atoms with Crippen LogP contribution in [0.4, 0.5) is 5.69 Å². The van der Waals surface area contributed by atoms with Crippen LogP contribution < -0.4 is 15.8 Å². The Labute approximate surface area is 155 Å². The lowest BCUT2D eigenvalue weighted by Crippen LogP contribution is -2.30. The number of amides is 2. The maximum atomic E-state index is 12.4. The summed E-state index contributed by atoms with van der Waals surface area (Å²) in [5, 5.41) is 5.07. The zero-order chi connectivity index (χ0) is 18.7. The maximum Gasteiger partial charge on any atom is 0.265 e. The number of fused-ring (bicyclic) bond motifs is 1. The van der Waals surface area contributed by atoms with Crippen LogP contribution >= 0.6 is 11.6 Å². The molecule has 0 saturated heterocycles. The Kier molecular flexibility index (Phi) is 5.09. The first-order valence-corrected chi connectivity index (χ1v) is 8.38. The van der Waals surface area contributed by atoms with Gasteiger partial charge in [-0.1, -0.05) is 35.9 Å². The topological polar surface area (TPSA) is 81.4 Å².